The second-order valence-electron chi connectivity index (χ2n) is 6.24. The molecule has 1 atom stereocenters. The molecule has 3 heteroatoms. The zero-order chi connectivity index (χ0) is 15.6. The maximum absolute atomic E-state index is 9.57. The van der Waals surface area contributed by atoms with Crippen molar-refractivity contribution in [2.75, 3.05) is 0 Å². The van der Waals surface area contributed by atoms with Gasteiger partial charge in [0.05, 0.1) is 10.6 Å². The SMILES string of the molecule is C[C@@H](O)c1ccc(Oc2ccc(C(C)(C)C)cc2)c(Br)c1. The van der Waals surface area contributed by atoms with Gasteiger partial charge in [0.1, 0.15) is 11.5 Å². The first-order valence-corrected chi connectivity index (χ1v) is 7.82. The van der Waals surface area contributed by atoms with Crippen LogP contribution in [0.4, 0.5) is 0 Å². The summed E-state index contributed by atoms with van der Waals surface area (Å²) in [6, 6.07) is 13.8. The summed E-state index contributed by atoms with van der Waals surface area (Å²) < 4.78 is 6.72. The number of ether oxygens (including phenoxy) is 1. The van der Waals surface area contributed by atoms with E-state index in [1.54, 1.807) is 6.92 Å². The first kappa shape index (κ1) is 16.1. The monoisotopic (exact) mass is 348 g/mol. The van der Waals surface area contributed by atoms with Gasteiger partial charge in [-0.15, -0.1) is 0 Å². The molecular weight excluding hydrogens is 328 g/mol. The van der Waals surface area contributed by atoms with Crippen molar-refractivity contribution in [2.45, 2.75) is 39.2 Å². The first-order chi connectivity index (χ1) is 9.77. The van der Waals surface area contributed by atoms with Crippen molar-refractivity contribution < 1.29 is 9.84 Å². The topological polar surface area (TPSA) is 29.5 Å². The number of hydrogen-bond acceptors (Lipinski definition) is 2. The van der Waals surface area contributed by atoms with E-state index >= 15 is 0 Å². The van der Waals surface area contributed by atoms with Gasteiger partial charge in [-0.25, -0.2) is 0 Å². The summed E-state index contributed by atoms with van der Waals surface area (Å²) in [4.78, 5) is 0. The lowest BCUT2D eigenvalue weighted by Gasteiger charge is -2.19. The summed E-state index contributed by atoms with van der Waals surface area (Å²) in [7, 11) is 0. The minimum atomic E-state index is -0.485. The molecule has 2 nitrogen and oxygen atoms in total. The van der Waals surface area contributed by atoms with Gasteiger partial charge in [-0.05, 0) is 63.7 Å². The molecule has 0 aliphatic carbocycles. The molecule has 0 saturated heterocycles. The average molecular weight is 349 g/mol. The highest BCUT2D eigenvalue weighted by Crippen LogP contribution is 2.33. The van der Waals surface area contributed by atoms with Crippen molar-refractivity contribution >= 4 is 15.9 Å². The molecule has 0 saturated carbocycles. The smallest absolute Gasteiger partial charge is 0.141 e. The third kappa shape index (κ3) is 4.08. The number of benzene rings is 2. The fourth-order valence-corrected chi connectivity index (χ4v) is 2.49. The minimum absolute atomic E-state index is 0.137. The molecule has 0 aromatic heterocycles. The van der Waals surface area contributed by atoms with Gasteiger partial charge in [-0.3, -0.25) is 0 Å². The van der Waals surface area contributed by atoms with E-state index in [0.29, 0.717) is 0 Å². The molecule has 21 heavy (non-hydrogen) atoms. The molecule has 0 fully saturated rings. The Morgan fingerprint density at radius 1 is 1.05 bits per heavy atom. The molecular formula is C18H21BrO2. The zero-order valence-electron chi connectivity index (χ0n) is 12.9. The molecule has 2 aromatic carbocycles. The fourth-order valence-electron chi connectivity index (χ4n) is 2.01. The number of aliphatic hydroxyl groups excluding tert-OH is 1. The molecule has 0 amide bonds. The maximum atomic E-state index is 9.57. The van der Waals surface area contributed by atoms with Crippen molar-refractivity contribution in [3.63, 3.8) is 0 Å². The molecule has 0 unspecified atom stereocenters. The molecule has 2 rings (SSSR count). The van der Waals surface area contributed by atoms with Gasteiger partial charge in [0, 0.05) is 0 Å². The number of rotatable bonds is 3. The second kappa shape index (κ2) is 6.20. The maximum Gasteiger partial charge on any atom is 0.141 e. The predicted molar refractivity (Wildman–Crippen MR) is 90.0 cm³/mol. The Bertz CT molecular complexity index is 610. The average Bonchev–Trinajstić information content (AvgIpc) is 2.40. The highest BCUT2D eigenvalue weighted by atomic mass is 79.9. The molecule has 0 heterocycles. The van der Waals surface area contributed by atoms with E-state index in [4.69, 9.17) is 4.74 Å². The minimum Gasteiger partial charge on any atom is -0.456 e. The summed E-state index contributed by atoms with van der Waals surface area (Å²) in [6.45, 7) is 8.31. The van der Waals surface area contributed by atoms with Crippen molar-refractivity contribution in [2.24, 2.45) is 0 Å². The lowest BCUT2D eigenvalue weighted by atomic mass is 9.87. The highest BCUT2D eigenvalue weighted by Gasteiger charge is 2.13. The summed E-state index contributed by atoms with van der Waals surface area (Å²) in [5, 5.41) is 9.57. The van der Waals surface area contributed by atoms with Gasteiger partial charge in [0.15, 0.2) is 0 Å². The van der Waals surface area contributed by atoms with Gasteiger partial charge < -0.3 is 9.84 Å². The molecule has 0 aliphatic rings. The van der Waals surface area contributed by atoms with E-state index in [1.165, 1.54) is 5.56 Å². The number of halogens is 1. The summed E-state index contributed by atoms with van der Waals surface area (Å²) in [6.07, 6.45) is -0.485. The third-order valence-electron chi connectivity index (χ3n) is 3.39. The summed E-state index contributed by atoms with van der Waals surface area (Å²) in [5.74, 6) is 1.54. The van der Waals surface area contributed by atoms with Gasteiger partial charge in [-0.2, -0.15) is 0 Å². The van der Waals surface area contributed by atoms with Crippen LogP contribution >= 0.6 is 15.9 Å². The highest BCUT2D eigenvalue weighted by molar-refractivity contribution is 9.10. The van der Waals surface area contributed by atoms with Gasteiger partial charge in [0.2, 0.25) is 0 Å². The lowest BCUT2D eigenvalue weighted by molar-refractivity contribution is 0.199. The Labute approximate surface area is 134 Å². The van der Waals surface area contributed by atoms with Crippen LogP contribution in [0.1, 0.15) is 44.9 Å². The van der Waals surface area contributed by atoms with Crippen molar-refractivity contribution in [1.82, 2.24) is 0 Å². The Balaban J connectivity index is 2.19. The van der Waals surface area contributed by atoms with Crippen molar-refractivity contribution in [3.05, 3.63) is 58.1 Å². The quantitative estimate of drug-likeness (QED) is 0.782. The Hall–Kier alpha value is -1.32. The van der Waals surface area contributed by atoms with Crippen LogP contribution in [0.5, 0.6) is 11.5 Å². The van der Waals surface area contributed by atoms with E-state index in [9.17, 15) is 5.11 Å². The van der Waals surface area contributed by atoms with Crippen LogP contribution in [0, 0.1) is 0 Å². The molecule has 0 radical (unpaired) electrons. The van der Waals surface area contributed by atoms with Crippen LogP contribution in [-0.2, 0) is 5.41 Å². The number of hydrogen-bond donors (Lipinski definition) is 1. The molecule has 2 aromatic rings. The van der Waals surface area contributed by atoms with E-state index in [-0.39, 0.29) is 5.41 Å². The molecule has 1 N–H and O–H groups in total. The zero-order valence-corrected chi connectivity index (χ0v) is 14.4. The van der Waals surface area contributed by atoms with Crippen LogP contribution in [0.15, 0.2) is 46.9 Å². The van der Waals surface area contributed by atoms with E-state index in [0.717, 1.165) is 21.5 Å². The van der Waals surface area contributed by atoms with Crippen molar-refractivity contribution in [3.8, 4) is 11.5 Å². The third-order valence-corrected chi connectivity index (χ3v) is 4.01. The van der Waals surface area contributed by atoms with Gasteiger partial charge in [-0.1, -0.05) is 39.0 Å². The van der Waals surface area contributed by atoms with E-state index < -0.39 is 6.10 Å². The molecule has 112 valence electrons. The van der Waals surface area contributed by atoms with Crippen LogP contribution in [0.25, 0.3) is 0 Å². The Kier molecular flexibility index (Phi) is 4.74. The second-order valence-corrected chi connectivity index (χ2v) is 7.10. The fraction of sp³-hybridized carbons (Fsp3) is 0.333. The number of aliphatic hydroxyl groups is 1. The predicted octanol–water partition coefficient (Wildman–Crippen LogP) is 5.59. The Morgan fingerprint density at radius 2 is 1.67 bits per heavy atom. The first-order valence-electron chi connectivity index (χ1n) is 7.03. The van der Waals surface area contributed by atoms with Crippen LogP contribution in [0.2, 0.25) is 0 Å². The van der Waals surface area contributed by atoms with Gasteiger partial charge in [0.25, 0.3) is 0 Å². The molecule has 0 bridgehead atoms. The van der Waals surface area contributed by atoms with Gasteiger partial charge >= 0.3 is 0 Å². The van der Waals surface area contributed by atoms with Crippen molar-refractivity contribution in [1.29, 1.82) is 0 Å². The largest absolute Gasteiger partial charge is 0.456 e. The Morgan fingerprint density at radius 3 is 2.14 bits per heavy atom. The van der Waals surface area contributed by atoms with Crippen LogP contribution in [0.3, 0.4) is 0 Å². The van der Waals surface area contributed by atoms with Crippen LogP contribution < -0.4 is 4.74 Å². The molecule has 0 spiro atoms. The molecule has 0 aliphatic heterocycles. The summed E-state index contributed by atoms with van der Waals surface area (Å²) >= 11 is 3.48. The van der Waals surface area contributed by atoms with E-state index in [2.05, 4.69) is 48.8 Å². The normalized spacial score (nSPS) is 13.0. The summed E-state index contributed by atoms with van der Waals surface area (Å²) in [5.41, 5.74) is 2.27. The standard InChI is InChI=1S/C18H21BrO2/c1-12(20)13-5-10-17(16(19)11-13)21-15-8-6-14(7-9-15)18(2,3)4/h5-12,20H,1-4H3/t12-/m1/s1. The lowest BCUT2D eigenvalue weighted by Crippen LogP contribution is -2.10. The van der Waals surface area contributed by atoms with Crippen LogP contribution in [-0.4, -0.2) is 5.11 Å². The van der Waals surface area contributed by atoms with E-state index in [1.807, 2.05) is 30.3 Å².